The van der Waals surface area contributed by atoms with Gasteiger partial charge in [-0.2, -0.15) is 5.10 Å². The molecule has 0 saturated carbocycles. The fourth-order valence-corrected chi connectivity index (χ4v) is 3.04. The number of fused-ring (bicyclic) bond motifs is 1. The van der Waals surface area contributed by atoms with Crippen LogP contribution in [-0.2, 0) is 11.2 Å². The number of nitrogens with one attached hydrogen (secondary N) is 2. The van der Waals surface area contributed by atoms with Gasteiger partial charge in [-0.15, -0.1) is 0 Å². The van der Waals surface area contributed by atoms with E-state index >= 15 is 0 Å². The van der Waals surface area contributed by atoms with E-state index in [2.05, 4.69) is 28.0 Å². The monoisotopic (exact) mass is 341 g/mol. The van der Waals surface area contributed by atoms with E-state index in [4.69, 9.17) is 11.6 Å². The zero-order valence-corrected chi connectivity index (χ0v) is 14.4. The number of rotatable bonds is 4. The van der Waals surface area contributed by atoms with Crippen LogP contribution in [0.15, 0.2) is 47.6 Å². The molecule has 1 aliphatic carbocycles. The molecule has 0 atom stereocenters. The number of hydrogen-bond acceptors (Lipinski definition) is 3. The van der Waals surface area contributed by atoms with Gasteiger partial charge in [0.15, 0.2) is 0 Å². The number of carbonyl (C=O) groups excluding carboxylic acids is 1. The molecule has 1 aliphatic rings. The van der Waals surface area contributed by atoms with Crippen molar-refractivity contribution in [1.82, 2.24) is 5.43 Å². The average Bonchev–Trinajstić information content (AvgIpc) is 2.61. The summed E-state index contributed by atoms with van der Waals surface area (Å²) in [4.78, 5) is 12.1. The molecule has 0 radical (unpaired) electrons. The summed E-state index contributed by atoms with van der Waals surface area (Å²) in [6.45, 7) is 2.07. The summed E-state index contributed by atoms with van der Waals surface area (Å²) in [5.41, 5.74) is 7.82. The summed E-state index contributed by atoms with van der Waals surface area (Å²) in [7, 11) is 0. The van der Waals surface area contributed by atoms with Crippen LogP contribution < -0.4 is 10.7 Å². The number of amides is 1. The van der Waals surface area contributed by atoms with Crippen molar-refractivity contribution in [3.05, 3.63) is 64.2 Å². The normalized spacial score (nSPS) is 15.0. The molecule has 0 spiro atoms. The Morgan fingerprint density at radius 1 is 1.17 bits per heavy atom. The summed E-state index contributed by atoms with van der Waals surface area (Å²) in [5, 5.41) is 8.10. The number of halogens is 1. The smallest absolute Gasteiger partial charge is 0.259 e. The Morgan fingerprint density at radius 3 is 2.88 bits per heavy atom. The second kappa shape index (κ2) is 7.49. The van der Waals surface area contributed by atoms with E-state index in [0.717, 1.165) is 41.8 Å². The van der Waals surface area contributed by atoms with Gasteiger partial charge in [0.05, 0.1) is 12.3 Å². The van der Waals surface area contributed by atoms with Gasteiger partial charge in [-0.25, -0.2) is 5.43 Å². The van der Waals surface area contributed by atoms with Gasteiger partial charge in [0.1, 0.15) is 0 Å². The van der Waals surface area contributed by atoms with Gasteiger partial charge in [-0.3, -0.25) is 4.79 Å². The minimum absolute atomic E-state index is 0.152. The predicted octanol–water partition coefficient (Wildman–Crippen LogP) is 3.92. The standard InChI is InChI=1S/C19H20ClN3O/c1-13-16(20)9-5-10-17(13)21-12-19(24)23-22-18-11-4-7-14-6-2-3-8-15(14)18/h2-3,5-6,8-10,21H,4,7,11-12H2,1H3,(H,23,24). The molecule has 3 rings (SSSR count). The fourth-order valence-electron chi connectivity index (χ4n) is 2.86. The Hall–Kier alpha value is -2.33. The first-order chi connectivity index (χ1) is 11.6. The van der Waals surface area contributed by atoms with Gasteiger partial charge in [-0.1, -0.05) is 41.9 Å². The van der Waals surface area contributed by atoms with Crippen molar-refractivity contribution in [2.45, 2.75) is 26.2 Å². The molecule has 0 unspecified atom stereocenters. The van der Waals surface area contributed by atoms with Gasteiger partial charge in [0.2, 0.25) is 0 Å². The van der Waals surface area contributed by atoms with Crippen LogP contribution >= 0.6 is 11.6 Å². The van der Waals surface area contributed by atoms with E-state index in [1.54, 1.807) is 0 Å². The highest BCUT2D eigenvalue weighted by Crippen LogP contribution is 2.23. The van der Waals surface area contributed by atoms with Gasteiger partial charge in [0, 0.05) is 16.3 Å². The van der Waals surface area contributed by atoms with Crippen LogP contribution in [0.5, 0.6) is 0 Å². The Labute approximate surface area is 146 Å². The average molecular weight is 342 g/mol. The van der Waals surface area contributed by atoms with Crippen molar-refractivity contribution in [3.8, 4) is 0 Å². The molecule has 0 saturated heterocycles. The molecule has 2 aromatic carbocycles. The summed E-state index contributed by atoms with van der Waals surface area (Å²) < 4.78 is 0. The number of benzene rings is 2. The van der Waals surface area contributed by atoms with Crippen LogP contribution in [0.3, 0.4) is 0 Å². The van der Waals surface area contributed by atoms with Crippen molar-refractivity contribution in [2.75, 3.05) is 11.9 Å². The summed E-state index contributed by atoms with van der Waals surface area (Å²) >= 11 is 6.08. The van der Waals surface area contributed by atoms with Gasteiger partial charge < -0.3 is 5.32 Å². The van der Waals surface area contributed by atoms with Crippen molar-refractivity contribution >= 4 is 28.9 Å². The van der Waals surface area contributed by atoms with E-state index in [9.17, 15) is 4.79 Å². The van der Waals surface area contributed by atoms with Crippen LogP contribution in [-0.4, -0.2) is 18.2 Å². The third kappa shape index (κ3) is 3.77. The molecular formula is C19H20ClN3O. The lowest BCUT2D eigenvalue weighted by Gasteiger charge is -2.17. The lowest BCUT2D eigenvalue weighted by atomic mass is 9.90. The number of aryl methyl sites for hydroxylation is 1. The summed E-state index contributed by atoms with van der Waals surface area (Å²) in [6.07, 6.45) is 3.02. The fraction of sp³-hybridized carbons (Fsp3) is 0.263. The van der Waals surface area contributed by atoms with Gasteiger partial charge in [-0.05, 0) is 49.4 Å². The van der Waals surface area contributed by atoms with Crippen molar-refractivity contribution in [2.24, 2.45) is 5.10 Å². The Kier molecular flexibility index (Phi) is 5.16. The van der Waals surface area contributed by atoms with Crippen LogP contribution in [0.4, 0.5) is 5.69 Å². The van der Waals surface area contributed by atoms with Crippen molar-refractivity contribution in [1.29, 1.82) is 0 Å². The first-order valence-electron chi connectivity index (χ1n) is 8.08. The van der Waals surface area contributed by atoms with Gasteiger partial charge in [0.25, 0.3) is 5.91 Å². The molecule has 124 valence electrons. The maximum Gasteiger partial charge on any atom is 0.259 e. The molecule has 0 fully saturated rings. The molecule has 2 aromatic rings. The SMILES string of the molecule is Cc1c(Cl)cccc1NCC(=O)NN=C1CCCc2ccccc21. The van der Waals surface area contributed by atoms with Crippen molar-refractivity contribution in [3.63, 3.8) is 0 Å². The maximum absolute atomic E-state index is 12.1. The quantitative estimate of drug-likeness (QED) is 0.828. The largest absolute Gasteiger partial charge is 0.376 e. The minimum Gasteiger partial charge on any atom is -0.376 e. The number of hydrogen-bond donors (Lipinski definition) is 2. The van der Waals surface area contributed by atoms with Crippen LogP contribution in [0.1, 0.15) is 29.5 Å². The van der Waals surface area contributed by atoms with Crippen LogP contribution in [0, 0.1) is 6.92 Å². The lowest BCUT2D eigenvalue weighted by Crippen LogP contribution is -2.28. The molecule has 0 bridgehead atoms. The molecule has 2 N–H and O–H groups in total. The second-order valence-electron chi connectivity index (χ2n) is 5.87. The van der Waals surface area contributed by atoms with Crippen LogP contribution in [0.25, 0.3) is 0 Å². The maximum atomic E-state index is 12.1. The summed E-state index contributed by atoms with van der Waals surface area (Å²) in [5.74, 6) is -0.176. The molecular weight excluding hydrogens is 322 g/mol. The Balaban J connectivity index is 1.61. The number of carbonyl (C=O) groups is 1. The number of nitrogens with zero attached hydrogens (tertiary/aromatic N) is 1. The first-order valence-corrected chi connectivity index (χ1v) is 8.45. The molecule has 0 aliphatic heterocycles. The Bertz CT molecular complexity index is 786. The predicted molar refractivity (Wildman–Crippen MR) is 98.7 cm³/mol. The minimum atomic E-state index is -0.176. The van der Waals surface area contributed by atoms with E-state index in [0.29, 0.717) is 5.02 Å². The zero-order chi connectivity index (χ0) is 16.9. The molecule has 0 aromatic heterocycles. The molecule has 4 nitrogen and oxygen atoms in total. The third-order valence-corrected chi connectivity index (χ3v) is 4.62. The van der Waals surface area contributed by atoms with E-state index in [-0.39, 0.29) is 12.5 Å². The topological polar surface area (TPSA) is 53.5 Å². The third-order valence-electron chi connectivity index (χ3n) is 4.21. The van der Waals surface area contributed by atoms with Gasteiger partial charge >= 0.3 is 0 Å². The molecule has 24 heavy (non-hydrogen) atoms. The highest BCUT2D eigenvalue weighted by Gasteiger charge is 2.15. The van der Waals surface area contributed by atoms with Crippen molar-refractivity contribution < 1.29 is 4.79 Å². The highest BCUT2D eigenvalue weighted by molar-refractivity contribution is 6.31. The molecule has 5 heteroatoms. The highest BCUT2D eigenvalue weighted by atomic mass is 35.5. The molecule has 0 heterocycles. The first kappa shape index (κ1) is 16.5. The van der Waals surface area contributed by atoms with E-state index in [1.807, 2.05) is 37.3 Å². The second-order valence-corrected chi connectivity index (χ2v) is 6.28. The van der Waals surface area contributed by atoms with E-state index in [1.165, 1.54) is 5.56 Å². The summed E-state index contributed by atoms with van der Waals surface area (Å²) in [6, 6.07) is 13.8. The lowest BCUT2D eigenvalue weighted by molar-refractivity contribution is -0.119. The molecule has 1 amide bonds. The number of anilines is 1. The van der Waals surface area contributed by atoms with Crippen LogP contribution in [0.2, 0.25) is 5.02 Å². The van der Waals surface area contributed by atoms with E-state index < -0.39 is 0 Å². The number of hydrazone groups is 1. The Morgan fingerprint density at radius 2 is 2.00 bits per heavy atom. The zero-order valence-electron chi connectivity index (χ0n) is 13.6.